The molecule has 28 heavy (non-hydrogen) atoms. The molecule has 156 valence electrons. The van der Waals surface area contributed by atoms with Crippen molar-refractivity contribution in [3.63, 3.8) is 0 Å². The number of nitrogens with one attached hydrogen (secondary N) is 2. The van der Waals surface area contributed by atoms with Crippen LogP contribution in [-0.2, 0) is 19.5 Å². The van der Waals surface area contributed by atoms with Crippen LogP contribution in [-0.4, -0.2) is 40.6 Å². The number of nitrogens with zero attached hydrogens (tertiary/aromatic N) is 4. The van der Waals surface area contributed by atoms with Gasteiger partial charge in [-0.1, -0.05) is 49.3 Å². The van der Waals surface area contributed by atoms with Gasteiger partial charge in [-0.25, -0.2) is 0 Å². The molecule has 0 fully saturated rings. The van der Waals surface area contributed by atoms with Crippen molar-refractivity contribution in [2.75, 3.05) is 19.8 Å². The molecule has 0 aliphatic rings. The van der Waals surface area contributed by atoms with E-state index in [0.29, 0.717) is 12.5 Å². The number of thioether (sulfide) groups is 1. The van der Waals surface area contributed by atoms with Crippen LogP contribution in [0.1, 0.15) is 31.7 Å². The summed E-state index contributed by atoms with van der Waals surface area (Å²) in [7, 11) is 1.78. The fourth-order valence-corrected chi connectivity index (χ4v) is 3.45. The molecule has 0 saturated carbocycles. The van der Waals surface area contributed by atoms with Crippen LogP contribution >= 0.6 is 47.3 Å². The number of halogens is 2. The van der Waals surface area contributed by atoms with Crippen LogP contribution in [0.3, 0.4) is 0 Å². The standard InChI is InChI=1S/C19H29ClN6S.HI/c1-14(2)13-26-17(24-25-19(26)27-4)9-6-10-22-18(21-3)23-12-15-7-5-8-16(20)11-15;/h5,7-8,11,14H,6,9-10,12-13H2,1-4H3,(H2,21,22,23);1H. The monoisotopic (exact) mass is 536 g/mol. The summed E-state index contributed by atoms with van der Waals surface area (Å²) in [5.74, 6) is 2.40. The highest BCUT2D eigenvalue weighted by molar-refractivity contribution is 14.0. The van der Waals surface area contributed by atoms with Crippen molar-refractivity contribution >= 4 is 53.3 Å². The maximum Gasteiger partial charge on any atom is 0.191 e. The van der Waals surface area contributed by atoms with Crippen LogP contribution in [0.25, 0.3) is 0 Å². The topological polar surface area (TPSA) is 67.1 Å². The van der Waals surface area contributed by atoms with Crippen molar-refractivity contribution in [1.29, 1.82) is 0 Å². The summed E-state index contributed by atoms with van der Waals surface area (Å²) in [5.41, 5.74) is 1.12. The summed E-state index contributed by atoms with van der Waals surface area (Å²) in [6, 6.07) is 7.81. The van der Waals surface area contributed by atoms with Gasteiger partial charge >= 0.3 is 0 Å². The third kappa shape index (κ3) is 8.16. The number of benzene rings is 1. The lowest BCUT2D eigenvalue weighted by Crippen LogP contribution is -2.37. The third-order valence-electron chi connectivity index (χ3n) is 3.97. The van der Waals surface area contributed by atoms with Gasteiger partial charge in [0.1, 0.15) is 5.82 Å². The zero-order valence-corrected chi connectivity index (χ0v) is 20.8. The molecule has 1 heterocycles. The Hall–Kier alpha value is -1.000. The molecule has 0 atom stereocenters. The second kappa shape index (κ2) is 13.3. The first-order valence-electron chi connectivity index (χ1n) is 9.18. The van der Waals surface area contributed by atoms with Gasteiger partial charge < -0.3 is 15.2 Å². The number of rotatable bonds is 9. The third-order valence-corrected chi connectivity index (χ3v) is 4.87. The second-order valence-electron chi connectivity index (χ2n) is 6.69. The molecule has 1 aromatic carbocycles. The molecule has 9 heteroatoms. The minimum Gasteiger partial charge on any atom is -0.356 e. The van der Waals surface area contributed by atoms with E-state index in [0.717, 1.165) is 53.5 Å². The van der Waals surface area contributed by atoms with E-state index in [2.05, 4.69) is 44.2 Å². The lowest BCUT2D eigenvalue weighted by molar-refractivity contribution is 0.477. The number of hydrogen-bond acceptors (Lipinski definition) is 4. The van der Waals surface area contributed by atoms with Gasteiger partial charge in [-0.2, -0.15) is 0 Å². The van der Waals surface area contributed by atoms with Gasteiger partial charge in [-0.15, -0.1) is 34.2 Å². The second-order valence-corrected chi connectivity index (χ2v) is 7.90. The fraction of sp³-hybridized carbons (Fsp3) is 0.526. The number of aryl methyl sites for hydroxylation is 1. The van der Waals surface area contributed by atoms with Crippen molar-refractivity contribution in [3.05, 3.63) is 40.7 Å². The van der Waals surface area contributed by atoms with Gasteiger partial charge in [0.15, 0.2) is 11.1 Å². The van der Waals surface area contributed by atoms with E-state index in [9.17, 15) is 0 Å². The quantitative estimate of drug-likeness (QED) is 0.165. The zero-order chi connectivity index (χ0) is 19.6. The molecular weight excluding hydrogens is 507 g/mol. The fourth-order valence-electron chi connectivity index (χ4n) is 2.71. The minimum atomic E-state index is 0. The largest absolute Gasteiger partial charge is 0.356 e. The molecule has 0 unspecified atom stereocenters. The summed E-state index contributed by atoms with van der Waals surface area (Å²) in [5, 5.41) is 17.1. The summed E-state index contributed by atoms with van der Waals surface area (Å²) in [6.07, 6.45) is 3.89. The van der Waals surface area contributed by atoms with Crippen LogP contribution < -0.4 is 10.6 Å². The lowest BCUT2D eigenvalue weighted by Gasteiger charge is -2.13. The van der Waals surface area contributed by atoms with Crippen LogP contribution in [0.5, 0.6) is 0 Å². The molecule has 0 radical (unpaired) electrons. The number of aromatic nitrogens is 3. The Morgan fingerprint density at radius 3 is 2.71 bits per heavy atom. The Balaban J connectivity index is 0.00000392. The highest BCUT2D eigenvalue weighted by Crippen LogP contribution is 2.16. The molecule has 0 amide bonds. The molecule has 0 saturated heterocycles. The number of aliphatic imine (C=N–C) groups is 1. The molecule has 2 aromatic rings. The van der Waals surface area contributed by atoms with Crippen molar-refractivity contribution in [2.24, 2.45) is 10.9 Å². The lowest BCUT2D eigenvalue weighted by atomic mass is 10.2. The maximum atomic E-state index is 6.02. The normalized spacial score (nSPS) is 11.4. The van der Waals surface area contributed by atoms with Gasteiger partial charge in [-0.05, 0) is 36.3 Å². The van der Waals surface area contributed by atoms with E-state index in [4.69, 9.17) is 11.6 Å². The Kier molecular flexibility index (Phi) is 11.9. The summed E-state index contributed by atoms with van der Waals surface area (Å²) in [4.78, 5) is 4.27. The maximum absolute atomic E-state index is 6.02. The van der Waals surface area contributed by atoms with Crippen LogP contribution in [0.4, 0.5) is 0 Å². The van der Waals surface area contributed by atoms with E-state index in [1.807, 2.05) is 30.5 Å². The summed E-state index contributed by atoms with van der Waals surface area (Å²) >= 11 is 7.67. The Labute approximate surface area is 194 Å². The van der Waals surface area contributed by atoms with Crippen molar-refractivity contribution in [3.8, 4) is 0 Å². The van der Waals surface area contributed by atoms with E-state index in [1.165, 1.54) is 0 Å². The van der Waals surface area contributed by atoms with E-state index >= 15 is 0 Å². The average Bonchev–Trinajstić information content (AvgIpc) is 3.02. The highest BCUT2D eigenvalue weighted by Gasteiger charge is 2.12. The van der Waals surface area contributed by atoms with Gasteiger partial charge in [0.05, 0.1) is 0 Å². The van der Waals surface area contributed by atoms with Gasteiger partial charge in [-0.3, -0.25) is 4.99 Å². The molecule has 0 bridgehead atoms. The van der Waals surface area contributed by atoms with Crippen LogP contribution in [0.2, 0.25) is 5.02 Å². The predicted octanol–water partition coefficient (Wildman–Crippen LogP) is 4.23. The highest BCUT2D eigenvalue weighted by atomic mass is 127. The van der Waals surface area contributed by atoms with Crippen molar-refractivity contribution in [2.45, 2.75) is 44.9 Å². The van der Waals surface area contributed by atoms with Crippen molar-refractivity contribution < 1.29 is 0 Å². The van der Waals surface area contributed by atoms with E-state index in [-0.39, 0.29) is 24.0 Å². The zero-order valence-electron chi connectivity index (χ0n) is 16.9. The molecule has 1 aromatic heterocycles. The smallest absolute Gasteiger partial charge is 0.191 e. The molecule has 0 aliphatic carbocycles. The van der Waals surface area contributed by atoms with E-state index < -0.39 is 0 Å². The van der Waals surface area contributed by atoms with Crippen LogP contribution in [0, 0.1) is 5.92 Å². The predicted molar refractivity (Wildman–Crippen MR) is 130 cm³/mol. The molecule has 0 aliphatic heterocycles. The summed E-state index contributed by atoms with van der Waals surface area (Å²) < 4.78 is 2.24. The molecular formula is C19H30ClIN6S. The SMILES string of the molecule is CN=C(NCCCc1nnc(SC)n1CC(C)C)NCc1cccc(Cl)c1.I. The Bertz CT molecular complexity index is 750. The first-order chi connectivity index (χ1) is 13.0. The summed E-state index contributed by atoms with van der Waals surface area (Å²) in [6.45, 7) is 6.88. The first-order valence-corrected chi connectivity index (χ1v) is 10.8. The molecule has 2 rings (SSSR count). The molecule has 0 spiro atoms. The van der Waals surface area contributed by atoms with Gasteiger partial charge in [0.2, 0.25) is 0 Å². The van der Waals surface area contributed by atoms with Crippen LogP contribution in [0.15, 0.2) is 34.4 Å². The van der Waals surface area contributed by atoms with E-state index in [1.54, 1.807) is 18.8 Å². The van der Waals surface area contributed by atoms with Gasteiger partial charge in [0, 0.05) is 38.1 Å². The molecule has 6 nitrogen and oxygen atoms in total. The minimum absolute atomic E-state index is 0. The Morgan fingerprint density at radius 2 is 2.07 bits per heavy atom. The number of hydrogen-bond donors (Lipinski definition) is 2. The Morgan fingerprint density at radius 1 is 1.29 bits per heavy atom. The first kappa shape index (κ1) is 25.0. The number of guanidine groups is 1. The van der Waals surface area contributed by atoms with Crippen molar-refractivity contribution in [1.82, 2.24) is 25.4 Å². The molecule has 2 N–H and O–H groups in total. The average molecular weight is 537 g/mol. The van der Waals surface area contributed by atoms with Gasteiger partial charge in [0.25, 0.3) is 0 Å².